The van der Waals surface area contributed by atoms with E-state index in [1.54, 1.807) is 13.8 Å². The number of nitrogen functional groups attached to an aromatic ring is 1. The minimum absolute atomic E-state index is 0.00518. The van der Waals surface area contributed by atoms with E-state index in [0.29, 0.717) is 11.3 Å². The summed E-state index contributed by atoms with van der Waals surface area (Å²) in [6, 6.07) is 2.70. The van der Waals surface area contributed by atoms with Crippen molar-refractivity contribution in [2.75, 3.05) is 12.8 Å². The Hall–Kier alpha value is -2.51. The van der Waals surface area contributed by atoms with Crippen LogP contribution in [-0.4, -0.2) is 35.9 Å². The molecule has 0 saturated heterocycles. The number of carbonyl (C=O) groups excluding carboxylic acids is 3. The molecule has 1 aromatic carbocycles. The molecule has 0 aliphatic carbocycles. The second-order valence-electron chi connectivity index (χ2n) is 5.88. The van der Waals surface area contributed by atoms with E-state index in [1.807, 2.05) is 0 Å². The number of aryl methyl sites for hydroxylation is 1. The highest BCUT2D eigenvalue weighted by molar-refractivity contribution is 6.37. The van der Waals surface area contributed by atoms with Crippen LogP contribution in [-0.2, 0) is 9.47 Å². The van der Waals surface area contributed by atoms with Gasteiger partial charge >= 0.3 is 11.9 Å². The average molecular weight is 413 g/mol. The Morgan fingerprint density at radius 1 is 1.15 bits per heavy atom. The van der Waals surface area contributed by atoms with Gasteiger partial charge in [0, 0.05) is 10.7 Å². The van der Waals surface area contributed by atoms with E-state index in [0.717, 1.165) is 0 Å². The number of benzene rings is 1. The zero-order valence-corrected chi connectivity index (χ0v) is 16.6. The van der Waals surface area contributed by atoms with Gasteiger partial charge in [0.05, 0.1) is 34.6 Å². The molecular weight excluding hydrogens is 395 g/mol. The van der Waals surface area contributed by atoms with Gasteiger partial charge in [-0.1, -0.05) is 23.2 Å². The molecule has 1 atom stereocenters. The molecule has 0 unspecified atom stereocenters. The van der Waals surface area contributed by atoms with E-state index in [9.17, 15) is 14.4 Å². The number of Topliss-reactive ketones (excluding diaryl/α,β-unsaturated/α-hetero) is 1. The van der Waals surface area contributed by atoms with Crippen molar-refractivity contribution in [1.29, 1.82) is 0 Å². The lowest BCUT2D eigenvalue weighted by molar-refractivity contribution is 0.0317. The Morgan fingerprint density at radius 3 is 2.37 bits per heavy atom. The number of carbonyl (C=O) groups is 3. The minimum atomic E-state index is -1.14. The van der Waals surface area contributed by atoms with E-state index in [1.165, 1.54) is 26.2 Å². The molecule has 1 aromatic heterocycles. The lowest BCUT2D eigenvalue weighted by Crippen LogP contribution is -2.26. The van der Waals surface area contributed by atoms with Gasteiger partial charge in [-0.25, -0.2) is 9.59 Å². The van der Waals surface area contributed by atoms with Gasteiger partial charge in [0.1, 0.15) is 0 Å². The van der Waals surface area contributed by atoms with Crippen LogP contribution in [0.2, 0.25) is 10.0 Å². The van der Waals surface area contributed by atoms with Crippen LogP contribution in [0.4, 0.5) is 5.69 Å². The van der Waals surface area contributed by atoms with Gasteiger partial charge < -0.3 is 20.2 Å². The minimum Gasteiger partial charge on any atom is -0.465 e. The Kier molecular flexibility index (Phi) is 6.18. The van der Waals surface area contributed by atoms with Crippen molar-refractivity contribution in [1.82, 2.24) is 4.98 Å². The third kappa shape index (κ3) is 4.09. The molecule has 2 aromatic rings. The molecule has 0 aliphatic heterocycles. The number of esters is 2. The van der Waals surface area contributed by atoms with Crippen LogP contribution >= 0.6 is 23.2 Å². The molecule has 0 amide bonds. The number of aromatic nitrogens is 1. The third-order valence-corrected chi connectivity index (χ3v) is 4.57. The van der Waals surface area contributed by atoms with Gasteiger partial charge in [-0.3, -0.25) is 4.79 Å². The topological polar surface area (TPSA) is 111 Å². The maximum atomic E-state index is 12.7. The maximum Gasteiger partial charge on any atom is 0.341 e. The Labute approximate surface area is 165 Å². The number of halogens is 2. The SMILES string of the molecule is COC(=O)c1c(C)[nH]c(C(=O)[C@H](C)OC(=O)c2cc(Cl)cc(Cl)c2N)c1C. The number of aromatic amines is 1. The molecule has 144 valence electrons. The molecule has 2 rings (SSSR count). The summed E-state index contributed by atoms with van der Waals surface area (Å²) in [5.41, 5.74) is 7.06. The predicted molar refractivity (Wildman–Crippen MR) is 102 cm³/mol. The number of ketones is 1. The van der Waals surface area contributed by atoms with Crippen LogP contribution in [0.25, 0.3) is 0 Å². The largest absolute Gasteiger partial charge is 0.465 e. The molecule has 0 aliphatic rings. The van der Waals surface area contributed by atoms with Gasteiger partial charge in [0.25, 0.3) is 0 Å². The third-order valence-electron chi connectivity index (χ3n) is 4.04. The average Bonchev–Trinajstić information content (AvgIpc) is 2.90. The van der Waals surface area contributed by atoms with E-state index >= 15 is 0 Å². The van der Waals surface area contributed by atoms with Crippen LogP contribution < -0.4 is 5.73 Å². The highest BCUT2D eigenvalue weighted by Gasteiger charge is 2.28. The number of H-pyrrole nitrogens is 1. The lowest BCUT2D eigenvalue weighted by atomic mass is 10.1. The molecule has 0 spiro atoms. The summed E-state index contributed by atoms with van der Waals surface area (Å²) in [7, 11) is 1.25. The van der Waals surface area contributed by atoms with Gasteiger partial charge in [0.15, 0.2) is 6.10 Å². The number of hydrogen-bond acceptors (Lipinski definition) is 6. The number of nitrogens with two attached hydrogens (primary N) is 1. The second kappa shape index (κ2) is 8.02. The van der Waals surface area contributed by atoms with Crippen LogP contribution in [0.3, 0.4) is 0 Å². The summed E-state index contributed by atoms with van der Waals surface area (Å²) in [5.74, 6) is -1.91. The zero-order chi connectivity index (χ0) is 20.5. The van der Waals surface area contributed by atoms with Crippen LogP contribution in [0.1, 0.15) is 49.4 Å². The molecule has 0 saturated carbocycles. The summed E-state index contributed by atoms with van der Waals surface area (Å²) in [6.07, 6.45) is -1.14. The number of hydrogen-bond donors (Lipinski definition) is 2. The fourth-order valence-electron chi connectivity index (χ4n) is 2.64. The van der Waals surface area contributed by atoms with Crippen molar-refractivity contribution in [3.63, 3.8) is 0 Å². The van der Waals surface area contributed by atoms with Crippen molar-refractivity contribution < 1.29 is 23.9 Å². The van der Waals surface area contributed by atoms with Gasteiger partial charge in [-0.2, -0.15) is 0 Å². The molecule has 9 heteroatoms. The molecule has 1 heterocycles. The number of ether oxygens (including phenoxy) is 2. The molecule has 0 fully saturated rings. The van der Waals surface area contributed by atoms with E-state index in [2.05, 4.69) is 4.98 Å². The predicted octanol–water partition coefficient (Wildman–Crippen LogP) is 3.74. The first kappa shape index (κ1) is 20.8. The van der Waals surface area contributed by atoms with Crippen molar-refractivity contribution in [3.8, 4) is 0 Å². The molecular formula is C18H18Cl2N2O5. The lowest BCUT2D eigenvalue weighted by Gasteiger charge is -2.14. The summed E-state index contributed by atoms with van der Waals surface area (Å²) >= 11 is 11.8. The van der Waals surface area contributed by atoms with E-state index in [-0.39, 0.29) is 32.6 Å². The van der Waals surface area contributed by atoms with Crippen LogP contribution in [0, 0.1) is 13.8 Å². The van der Waals surface area contributed by atoms with E-state index in [4.69, 9.17) is 38.4 Å². The van der Waals surface area contributed by atoms with Crippen molar-refractivity contribution in [2.24, 2.45) is 0 Å². The van der Waals surface area contributed by atoms with Gasteiger partial charge in [-0.15, -0.1) is 0 Å². The van der Waals surface area contributed by atoms with Crippen LogP contribution in [0.5, 0.6) is 0 Å². The second-order valence-corrected chi connectivity index (χ2v) is 6.72. The Balaban J connectivity index is 2.27. The zero-order valence-electron chi connectivity index (χ0n) is 15.1. The maximum absolute atomic E-state index is 12.7. The summed E-state index contributed by atoms with van der Waals surface area (Å²) < 4.78 is 9.93. The normalized spacial score (nSPS) is 11.8. The monoisotopic (exact) mass is 412 g/mol. The first-order valence-corrected chi connectivity index (χ1v) is 8.61. The Morgan fingerprint density at radius 2 is 1.78 bits per heavy atom. The summed E-state index contributed by atoms with van der Waals surface area (Å²) in [5, 5.41) is 0.311. The standard InChI is InChI=1S/C18H18Cl2N2O5/c1-7-13(18(25)26-4)8(2)22-15(7)16(23)9(3)27-17(24)11-5-10(19)6-12(20)14(11)21/h5-6,9,22H,21H2,1-4H3/t9-/m0/s1. The number of methoxy groups -OCH3 is 1. The first-order valence-electron chi connectivity index (χ1n) is 7.85. The molecule has 27 heavy (non-hydrogen) atoms. The highest BCUT2D eigenvalue weighted by atomic mass is 35.5. The summed E-state index contributed by atoms with van der Waals surface area (Å²) in [4.78, 5) is 39.7. The van der Waals surface area contributed by atoms with Crippen molar-refractivity contribution >= 4 is 46.6 Å². The molecule has 3 N–H and O–H groups in total. The van der Waals surface area contributed by atoms with Gasteiger partial charge in [0.2, 0.25) is 5.78 Å². The first-order chi connectivity index (χ1) is 12.6. The fourth-order valence-corrected chi connectivity index (χ4v) is 3.13. The summed E-state index contributed by atoms with van der Waals surface area (Å²) in [6.45, 7) is 4.66. The highest BCUT2D eigenvalue weighted by Crippen LogP contribution is 2.28. The van der Waals surface area contributed by atoms with Crippen molar-refractivity contribution in [2.45, 2.75) is 26.9 Å². The molecule has 0 radical (unpaired) electrons. The van der Waals surface area contributed by atoms with E-state index < -0.39 is 23.8 Å². The quantitative estimate of drug-likeness (QED) is 0.439. The smallest absolute Gasteiger partial charge is 0.341 e. The number of rotatable bonds is 5. The fraction of sp³-hybridized carbons (Fsp3) is 0.278. The van der Waals surface area contributed by atoms with Gasteiger partial charge in [-0.05, 0) is 38.5 Å². The van der Waals surface area contributed by atoms with Crippen LogP contribution in [0.15, 0.2) is 12.1 Å². The number of nitrogens with one attached hydrogen (secondary N) is 1. The Bertz CT molecular complexity index is 936. The number of anilines is 1. The molecule has 0 bridgehead atoms. The van der Waals surface area contributed by atoms with Crippen molar-refractivity contribution in [3.05, 3.63) is 50.3 Å². The molecule has 7 nitrogen and oxygen atoms in total.